The van der Waals surface area contributed by atoms with Gasteiger partial charge in [0.1, 0.15) is 11.6 Å². The molecular weight excluding hydrogens is 248 g/mol. The van der Waals surface area contributed by atoms with Crippen molar-refractivity contribution in [2.45, 2.75) is 0 Å². The van der Waals surface area contributed by atoms with E-state index in [-0.39, 0.29) is 0 Å². The number of nitrogens with one attached hydrogen (secondary N) is 2. The zero-order chi connectivity index (χ0) is 13.8. The lowest BCUT2D eigenvalue weighted by Crippen LogP contribution is -2.28. The number of nitrogens with zero attached hydrogens (tertiary/aromatic N) is 2. The van der Waals surface area contributed by atoms with E-state index in [4.69, 9.17) is 5.53 Å². The SMILES string of the molecule is N=[N+]=NC(=O)c1ccc2cc(NC(=O)[O-])ccc2c1. The Bertz CT molecular complexity index is 720. The van der Waals surface area contributed by atoms with E-state index < -0.39 is 12.0 Å². The van der Waals surface area contributed by atoms with Crippen molar-refractivity contribution in [3.8, 4) is 0 Å². The van der Waals surface area contributed by atoms with Crippen molar-refractivity contribution in [2.24, 2.45) is 5.11 Å². The Balaban J connectivity index is 2.43. The normalized spacial score (nSPS) is 9.68. The van der Waals surface area contributed by atoms with Crippen molar-refractivity contribution < 1.29 is 14.7 Å². The van der Waals surface area contributed by atoms with E-state index in [9.17, 15) is 14.7 Å². The molecule has 0 atom stereocenters. The van der Waals surface area contributed by atoms with E-state index in [2.05, 4.69) is 15.3 Å². The van der Waals surface area contributed by atoms with Crippen molar-refractivity contribution in [2.75, 3.05) is 5.32 Å². The molecule has 2 aromatic carbocycles. The van der Waals surface area contributed by atoms with E-state index in [0.29, 0.717) is 11.3 Å². The third-order valence-corrected chi connectivity index (χ3v) is 2.47. The standard InChI is InChI=1S/C12H8N4O3/c13-16-15-11(17)9-2-1-8-6-10(14-12(18)19)4-3-7(8)5-9/h1-6,13H,(H-,14,17,18,19). The number of rotatable bonds is 2. The molecular formula is C12H8N4O3. The third-order valence-electron chi connectivity index (χ3n) is 2.47. The predicted octanol–water partition coefficient (Wildman–Crippen LogP) is 1.29. The molecule has 0 aliphatic carbocycles. The van der Waals surface area contributed by atoms with E-state index in [1.807, 2.05) is 0 Å². The van der Waals surface area contributed by atoms with Crippen LogP contribution in [0.2, 0.25) is 0 Å². The molecule has 94 valence electrons. The summed E-state index contributed by atoms with van der Waals surface area (Å²) in [4.78, 5) is 24.5. The fraction of sp³-hybridized carbons (Fsp3) is 0. The van der Waals surface area contributed by atoms with E-state index in [1.54, 1.807) is 30.3 Å². The molecule has 0 saturated carbocycles. The first kappa shape index (κ1) is 12.4. The van der Waals surface area contributed by atoms with Crippen LogP contribution in [0.15, 0.2) is 41.5 Å². The summed E-state index contributed by atoms with van der Waals surface area (Å²) in [7, 11) is 0. The van der Waals surface area contributed by atoms with Crippen LogP contribution in [0.1, 0.15) is 10.4 Å². The van der Waals surface area contributed by atoms with Gasteiger partial charge in [-0.25, -0.2) is 0 Å². The van der Waals surface area contributed by atoms with Gasteiger partial charge >= 0.3 is 5.91 Å². The van der Waals surface area contributed by atoms with E-state index >= 15 is 0 Å². The van der Waals surface area contributed by atoms with Gasteiger partial charge in [0.15, 0.2) is 0 Å². The van der Waals surface area contributed by atoms with Gasteiger partial charge in [-0.2, -0.15) is 0 Å². The highest BCUT2D eigenvalue weighted by Gasteiger charge is 2.10. The Morgan fingerprint density at radius 2 is 1.84 bits per heavy atom. The van der Waals surface area contributed by atoms with Gasteiger partial charge in [0, 0.05) is 11.3 Å². The molecule has 19 heavy (non-hydrogen) atoms. The second kappa shape index (κ2) is 5.07. The minimum Gasteiger partial charge on any atom is -0.530 e. The Morgan fingerprint density at radius 1 is 1.16 bits per heavy atom. The van der Waals surface area contributed by atoms with Crippen LogP contribution in [0.4, 0.5) is 10.5 Å². The summed E-state index contributed by atoms with van der Waals surface area (Å²) >= 11 is 0. The number of hydrogen-bond acceptors (Lipinski definition) is 4. The van der Waals surface area contributed by atoms with Crippen molar-refractivity contribution >= 4 is 28.5 Å². The average Bonchev–Trinajstić information content (AvgIpc) is 2.37. The molecule has 7 heteroatoms. The fourth-order valence-electron chi connectivity index (χ4n) is 1.68. The zero-order valence-electron chi connectivity index (χ0n) is 9.58. The molecule has 0 aliphatic rings. The molecule has 0 bridgehead atoms. The number of carbonyl (C=O) groups excluding carboxylic acids is 2. The maximum absolute atomic E-state index is 11.4. The Labute approximate surface area is 107 Å². The molecule has 7 nitrogen and oxygen atoms in total. The minimum absolute atomic E-state index is 0.309. The van der Waals surface area contributed by atoms with Crippen molar-refractivity contribution in [1.29, 1.82) is 5.53 Å². The Hall–Kier alpha value is -3.05. The molecule has 0 unspecified atom stereocenters. The zero-order valence-corrected chi connectivity index (χ0v) is 9.58. The number of hydrogen-bond donors (Lipinski definition) is 2. The largest absolute Gasteiger partial charge is 0.530 e. The lowest BCUT2D eigenvalue weighted by molar-refractivity contribution is -0.242. The quantitative estimate of drug-likeness (QED) is 0.622. The van der Waals surface area contributed by atoms with Crippen LogP contribution in [-0.4, -0.2) is 12.0 Å². The second-order valence-electron chi connectivity index (χ2n) is 3.69. The Kier molecular flexibility index (Phi) is 3.31. The number of benzene rings is 2. The summed E-state index contributed by atoms with van der Waals surface area (Å²) in [5.41, 5.74) is 7.20. The number of anilines is 1. The molecule has 0 spiro atoms. The first-order valence-corrected chi connectivity index (χ1v) is 5.24. The monoisotopic (exact) mass is 256 g/mol. The maximum Gasteiger partial charge on any atom is 0.360 e. The van der Waals surface area contributed by atoms with Crippen LogP contribution in [0.5, 0.6) is 0 Å². The molecule has 0 aromatic heterocycles. The minimum atomic E-state index is -1.39. The number of fused-ring (bicyclic) bond motifs is 1. The highest BCUT2D eigenvalue weighted by atomic mass is 16.4. The van der Waals surface area contributed by atoms with Crippen molar-refractivity contribution in [1.82, 2.24) is 4.91 Å². The molecule has 0 saturated heterocycles. The summed E-state index contributed by atoms with van der Waals surface area (Å²) < 4.78 is 0. The first-order chi connectivity index (χ1) is 9.10. The van der Waals surface area contributed by atoms with Gasteiger partial charge in [0.2, 0.25) is 10.0 Å². The Morgan fingerprint density at radius 3 is 2.53 bits per heavy atom. The number of carboxylic acid groups (broad SMARTS) is 1. The van der Waals surface area contributed by atoms with Gasteiger partial charge in [-0.05, 0) is 35.0 Å². The van der Waals surface area contributed by atoms with Gasteiger partial charge in [0.05, 0.1) is 0 Å². The van der Waals surface area contributed by atoms with Crippen molar-refractivity contribution in [3.05, 3.63) is 42.0 Å². The molecule has 2 amide bonds. The summed E-state index contributed by atoms with van der Waals surface area (Å²) in [5.74, 6) is -0.603. The molecule has 2 rings (SSSR count). The maximum atomic E-state index is 11.4. The van der Waals surface area contributed by atoms with Crippen LogP contribution in [-0.2, 0) is 0 Å². The van der Waals surface area contributed by atoms with Crippen LogP contribution < -0.4 is 15.3 Å². The highest BCUT2D eigenvalue weighted by molar-refractivity contribution is 5.99. The summed E-state index contributed by atoms with van der Waals surface area (Å²) in [6, 6.07) is 9.61. The van der Waals surface area contributed by atoms with E-state index in [1.165, 1.54) is 6.07 Å². The number of carbonyl (C=O) groups is 2. The summed E-state index contributed by atoms with van der Waals surface area (Å²) in [6.45, 7) is 0. The smallest absolute Gasteiger partial charge is 0.360 e. The lowest BCUT2D eigenvalue weighted by Gasteiger charge is -2.07. The van der Waals surface area contributed by atoms with Crippen LogP contribution in [0, 0.1) is 5.53 Å². The number of amides is 2. The summed E-state index contributed by atoms with van der Waals surface area (Å²) in [6.07, 6.45) is -1.39. The molecule has 0 heterocycles. The molecule has 2 aromatic rings. The van der Waals surface area contributed by atoms with Crippen LogP contribution in [0.25, 0.3) is 10.8 Å². The van der Waals surface area contributed by atoms with Gasteiger partial charge in [-0.15, -0.1) is 0 Å². The molecule has 0 radical (unpaired) electrons. The van der Waals surface area contributed by atoms with Gasteiger partial charge < -0.3 is 15.2 Å². The summed E-state index contributed by atoms with van der Waals surface area (Å²) in [5, 5.41) is 17.2. The molecule has 0 fully saturated rings. The lowest BCUT2D eigenvalue weighted by atomic mass is 10.1. The third kappa shape index (κ3) is 2.80. The fourth-order valence-corrected chi connectivity index (χ4v) is 1.68. The predicted molar refractivity (Wildman–Crippen MR) is 64.6 cm³/mol. The van der Waals surface area contributed by atoms with Crippen LogP contribution in [0.3, 0.4) is 0 Å². The van der Waals surface area contributed by atoms with Gasteiger partial charge in [-0.1, -0.05) is 12.1 Å². The van der Waals surface area contributed by atoms with E-state index in [0.717, 1.165) is 10.8 Å². The molecule has 0 aliphatic heterocycles. The average molecular weight is 256 g/mol. The highest BCUT2D eigenvalue weighted by Crippen LogP contribution is 2.20. The van der Waals surface area contributed by atoms with Gasteiger partial charge in [-0.3, -0.25) is 4.79 Å². The second-order valence-corrected chi connectivity index (χ2v) is 3.69. The topological polar surface area (TPSA) is 120 Å². The first-order valence-electron chi connectivity index (χ1n) is 5.24. The molecule has 2 N–H and O–H groups in total. The van der Waals surface area contributed by atoms with Crippen LogP contribution >= 0.6 is 0 Å². The van der Waals surface area contributed by atoms with Crippen molar-refractivity contribution in [3.63, 3.8) is 0 Å². The van der Waals surface area contributed by atoms with Gasteiger partial charge in [0.25, 0.3) is 0 Å².